The van der Waals surface area contributed by atoms with E-state index in [0.29, 0.717) is 11.1 Å². The Morgan fingerprint density at radius 3 is 2.20 bits per heavy atom. The largest absolute Gasteiger partial charge is 0.289 e. The molecule has 0 fully saturated rings. The van der Waals surface area contributed by atoms with E-state index < -0.39 is 0 Å². The van der Waals surface area contributed by atoms with Gasteiger partial charge in [0.05, 0.1) is 10.2 Å². The van der Waals surface area contributed by atoms with Gasteiger partial charge in [0.1, 0.15) is 0 Å². The fraction of sp³-hybridized carbons (Fsp3) is 0. The molecule has 0 aliphatic heterocycles. The Morgan fingerprint density at radius 2 is 1.44 bits per heavy atom. The topological polar surface area (TPSA) is 30.0 Å². The number of carbonyl (C=O) groups excluding carboxylic acids is 1. The summed E-state index contributed by atoms with van der Waals surface area (Å²) in [6.07, 6.45) is 0. The molecule has 2 nitrogen and oxygen atoms in total. The summed E-state index contributed by atoms with van der Waals surface area (Å²) in [5.74, 6) is 6.24. The average Bonchev–Trinajstić information content (AvgIpc) is 3.10. The minimum Gasteiger partial charge on any atom is -0.289 e. The number of nitrogens with zero attached hydrogens (tertiary/aromatic N) is 1. The van der Waals surface area contributed by atoms with Gasteiger partial charge in [-0.3, -0.25) is 4.79 Å². The molecule has 1 aromatic heterocycles. The number of benzene rings is 3. The first-order valence-electron chi connectivity index (χ1n) is 7.87. The molecule has 3 aromatic carbocycles. The Morgan fingerprint density at radius 1 is 0.760 bits per heavy atom. The van der Waals surface area contributed by atoms with Crippen LogP contribution in [-0.4, -0.2) is 10.8 Å². The number of rotatable bonds is 2. The van der Waals surface area contributed by atoms with Gasteiger partial charge in [-0.2, -0.15) is 0 Å². The number of carbonyl (C=O) groups is 1. The van der Waals surface area contributed by atoms with Crippen LogP contribution in [-0.2, 0) is 0 Å². The minimum atomic E-state index is 0.0197. The van der Waals surface area contributed by atoms with Crippen LogP contribution in [0.3, 0.4) is 0 Å². The molecule has 0 atom stereocenters. The predicted octanol–water partition coefficient (Wildman–Crippen LogP) is 4.93. The number of hydrogen-bond donors (Lipinski definition) is 0. The maximum atomic E-state index is 12.4. The summed E-state index contributed by atoms with van der Waals surface area (Å²) in [5.41, 5.74) is 3.19. The molecule has 3 heteroatoms. The molecule has 1 heterocycles. The van der Waals surface area contributed by atoms with Crippen molar-refractivity contribution in [1.82, 2.24) is 4.98 Å². The van der Waals surface area contributed by atoms with Crippen LogP contribution in [0.1, 0.15) is 26.5 Å². The third-order valence-corrected chi connectivity index (χ3v) is 4.74. The van der Waals surface area contributed by atoms with E-state index in [4.69, 9.17) is 0 Å². The second-order valence-electron chi connectivity index (χ2n) is 5.51. The van der Waals surface area contributed by atoms with Crippen LogP contribution >= 0.6 is 11.3 Å². The summed E-state index contributed by atoms with van der Waals surface area (Å²) >= 11 is 1.58. The summed E-state index contributed by atoms with van der Waals surface area (Å²) in [4.78, 5) is 16.9. The summed E-state index contributed by atoms with van der Waals surface area (Å²) in [6.45, 7) is 0. The second kappa shape index (κ2) is 6.72. The third kappa shape index (κ3) is 3.35. The van der Waals surface area contributed by atoms with Crippen molar-refractivity contribution in [2.24, 2.45) is 0 Å². The average molecular weight is 339 g/mol. The van der Waals surface area contributed by atoms with E-state index in [9.17, 15) is 4.79 Å². The van der Waals surface area contributed by atoms with Gasteiger partial charge in [-0.25, -0.2) is 4.98 Å². The molecule has 4 rings (SSSR count). The highest BCUT2D eigenvalue weighted by Gasteiger charge is 2.07. The molecule has 0 N–H and O–H groups in total. The molecule has 0 aliphatic carbocycles. The quantitative estimate of drug-likeness (QED) is 0.383. The van der Waals surface area contributed by atoms with Gasteiger partial charge in [-0.15, -0.1) is 11.3 Å². The molecule has 25 heavy (non-hydrogen) atoms. The number of ketones is 1. The van der Waals surface area contributed by atoms with E-state index in [2.05, 4.69) is 16.8 Å². The predicted molar refractivity (Wildman–Crippen MR) is 102 cm³/mol. The zero-order chi connectivity index (χ0) is 17.1. The SMILES string of the molecule is O=C(c1ccccc1)c1ccc(C#Cc2nc3ccccc3s2)cc1. The van der Waals surface area contributed by atoms with Crippen LogP contribution in [0.2, 0.25) is 0 Å². The van der Waals surface area contributed by atoms with Crippen LogP contribution in [0, 0.1) is 11.8 Å². The van der Waals surface area contributed by atoms with E-state index in [1.165, 1.54) is 0 Å². The summed E-state index contributed by atoms with van der Waals surface area (Å²) in [5, 5.41) is 0.797. The van der Waals surface area contributed by atoms with Gasteiger partial charge in [-0.1, -0.05) is 48.4 Å². The van der Waals surface area contributed by atoms with Gasteiger partial charge >= 0.3 is 0 Å². The van der Waals surface area contributed by atoms with Crippen molar-refractivity contribution in [2.45, 2.75) is 0 Å². The summed E-state index contributed by atoms with van der Waals surface area (Å²) < 4.78 is 1.13. The Hall–Kier alpha value is -3.22. The summed E-state index contributed by atoms with van der Waals surface area (Å²) in [6, 6.07) is 24.7. The highest BCUT2D eigenvalue weighted by molar-refractivity contribution is 7.19. The number of thiazole rings is 1. The third-order valence-electron chi connectivity index (χ3n) is 3.79. The Kier molecular flexibility index (Phi) is 4.12. The first kappa shape index (κ1) is 15.3. The van der Waals surface area contributed by atoms with Crippen molar-refractivity contribution in [2.75, 3.05) is 0 Å². The lowest BCUT2D eigenvalue weighted by Gasteiger charge is -2.00. The zero-order valence-corrected chi connectivity index (χ0v) is 14.1. The zero-order valence-electron chi connectivity index (χ0n) is 13.3. The maximum Gasteiger partial charge on any atom is 0.193 e. The molecule has 0 spiro atoms. The highest BCUT2D eigenvalue weighted by Crippen LogP contribution is 2.20. The van der Waals surface area contributed by atoms with E-state index >= 15 is 0 Å². The lowest BCUT2D eigenvalue weighted by atomic mass is 10.0. The van der Waals surface area contributed by atoms with E-state index in [1.807, 2.05) is 78.9 Å². The van der Waals surface area contributed by atoms with Gasteiger partial charge in [0.15, 0.2) is 10.8 Å². The Bertz CT molecular complexity index is 1070. The van der Waals surface area contributed by atoms with Gasteiger partial charge in [0.25, 0.3) is 0 Å². The monoisotopic (exact) mass is 339 g/mol. The van der Waals surface area contributed by atoms with Crippen molar-refractivity contribution >= 4 is 27.3 Å². The molecule has 4 aromatic rings. The van der Waals surface area contributed by atoms with Crippen molar-refractivity contribution in [3.8, 4) is 11.8 Å². The standard InChI is InChI=1S/C22H13NOS/c24-22(17-6-2-1-3-7-17)18-13-10-16(11-14-18)12-15-21-23-19-8-4-5-9-20(19)25-21/h1-11,13-14H. The molecule has 0 bridgehead atoms. The van der Waals surface area contributed by atoms with Crippen LogP contribution in [0.15, 0.2) is 78.9 Å². The smallest absolute Gasteiger partial charge is 0.193 e. The van der Waals surface area contributed by atoms with Crippen molar-refractivity contribution in [3.63, 3.8) is 0 Å². The molecule has 0 saturated carbocycles. The highest BCUT2D eigenvalue weighted by atomic mass is 32.1. The van der Waals surface area contributed by atoms with Crippen molar-refractivity contribution in [3.05, 3.63) is 101 Å². The Labute approximate surface area is 149 Å². The lowest BCUT2D eigenvalue weighted by Crippen LogP contribution is -2.00. The molecule has 0 aliphatic rings. The fourth-order valence-electron chi connectivity index (χ4n) is 2.51. The van der Waals surface area contributed by atoms with E-state index in [-0.39, 0.29) is 5.78 Å². The lowest BCUT2D eigenvalue weighted by molar-refractivity contribution is 0.103. The fourth-order valence-corrected chi connectivity index (χ4v) is 3.33. The normalized spacial score (nSPS) is 10.2. The van der Waals surface area contributed by atoms with E-state index in [1.54, 1.807) is 11.3 Å². The van der Waals surface area contributed by atoms with Gasteiger partial charge in [0, 0.05) is 16.7 Å². The van der Waals surface area contributed by atoms with Crippen LogP contribution in [0.4, 0.5) is 0 Å². The van der Waals surface area contributed by atoms with Crippen molar-refractivity contribution < 1.29 is 4.79 Å². The van der Waals surface area contributed by atoms with Crippen molar-refractivity contribution in [1.29, 1.82) is 0 Å². The van der Waals surface area contributed by atoms with E-state index in [0.717, 1.165) is 20.8 Å². The first-order valence-corrected chi connectivity index (χ1v) is 8.69. The molecule has 0 saturated heterocycles. The van der Waals surface area contributed by atoms with Crippen LogP contribution in [0.5, 0.6) is 0 Å². The molecule has 118 valence electrons. The number of para-hydroxylation sites is 1. The second-order valence-corrected chi connectivity index (χ2v) is 6.54. The van der Waals surface area contributed by atoms with Gasteiger partial charge < -0.3 is 0 Å². The number of aromatic nitrogens is 1. The van der Waals surface area contributed by atoms with Gasteiger partial charge in [0.2, 0.25) is 0 Å². The molecular formula is C22H13NOS. The number of fused-ring (bicyclic) bond motifs is 1. The minimum absolute atomic E-state index is 0.0197. The molecule has 0 unspecified atom stereocenters. The van der Waals surface area contributed by atoms with Crippen LogP contribution in [0.25, 0.3) is 10.2 Å². The summed E-state index contributed by atoms with van der Waals surface area (Å²) in [7, 11) is 0. The molecule has 0 amide bonds. The van der Waals surface area contributed by atoms with Gasteiger partial charge in [-0.05, 0) is 42.3 Å². The maximum absolute atomic E-state index is 12.4. The first-order chi connectivity index (χ1) is 12.3. The molecular weight excluding hydrogens is 326 g/mol. The molecule has 0 radical (unpaired) electrons. The number of hydrogen-bond acceptors (Lipinski definition) is 3. The Balaban J connectivity index is 1.56. The van der Waals surface area contributed by atoms with Crippen LogP contribution < -0.4 is 0 Å².